The summed E-state index contributed by atoms with van der Waals surface area (Å²) in [6.45, 7) is 0.803. The standard InChI is InChI=1S/C19H16N4OS/c1-22-11-10-16(18(22)24)25-19-21-13-7-3-2-6-12(13)17-20-14-8-4-5-9-15(14)23(17)19/h2-9,16H,10-11H2,1H3. The first-order chi connectivity index (χ1) is 12.2. The van der Waals surface area contributed by atoms with E-state index >= 15 is 0 Å². The van der Waals surface area contributed by atoms with Crippen LogP contribution in [0.5, 0.6) is 0 Å². The number of hydrogen-bond donors (Lipinski definition) is 0. The van der Waals surface area contributed by atoms with Gasteiger partial charge in [0.2, 0.25) is 5.91 Å². The summed E-state index contributed by atoms with van der Waals surface area (Å²) < 4.78 is 2.09. The molecule has 0 saturated carbocycles. The number of hydrogen-bond acceptors (Lipinski definition) is 4. The zero-order chi connectivity index (χ0) is 17.0. The van der Waals surface area contributed by atoms with Crippen molar-refractivity contribution >= 4 is 45.3 Å². The Hall–Kier alpha value is -2.60. The van der Waals surface area contributed by atoms with E-state index in [-0.39, 0.29) is 11.2 Å². The van der Waals surface area contributed by atoms with Gasteiger partial charge in [-0.05, 0) is 30.7 Å². The fraction of sp³-hybridized carbons (Fsp3) is 0.211. The van der Waals surface area contributed by atoms with Crippen molar-refractivity contribution in [3.8, 4) is 0 Å². The third-order valence-corrected chi connectivity index (χ3v) is 5.95. The van der Waals surface area contributed by atoms with Crippen LogP contribution in [0.1, 0.15) is 6.42 Å². The molecule has 5 nitrogen and oxygen atoms in total. The minimum absolute atomic E-state index is 0.0805. The van der Waals surface area contributed by atoms with E-state index in [1.807, 2.05) is 49.5 Å². The van der Waals surface area contributed by atoms with E-state index in [2.05, 4.69) is 10.5 Å². The van der Waals surface area contributed by atoms with Crippen molar-refractivity contribution in [2.24, 2.45) is 0 Å². The van der Waals surface area contributed by atoms with Gasteiger partial charge in [0.1, 0.15) is 5.65 Å². The molecule has 1 fully saturated rings. The predicted octanol–water partition coefficient (Wildman–Crippen LogP) is 3.36. The van der Waals surface area contributed by atoms with Crippen LogP contribution in [-0.2, 0) is 4.79 Å². The molecule has 25 heavy (non-hydrogen) atoms. The van der Waals surface area contributed by atoms with E-state index in [4.69, 9.17) is 9.97 Å². The van der Waals surface area contributed by atoms with E-state index in [0.717, 1.165) is 45.7 Å². The molecule has 4 aromatic rings. The molecule has 1 aliphatic heterocycles. The summed E-state index contributed by atoms with van der Waals surface area (Å²) in [5, 5.41) is 1.77. The maximum absolute atomic E-state index is 12.4. The van der Waals surface area contributed by atoms with Crippen LogP contribution in [0.25, 0.3) is 27.6 Å². The molecular weight excluding hydrogens is 332 g/mol. The lowest BCUT2D eigenvalue weighted by Crippen LogP contribution is -2.24. The second-order valence-corrected chi connectivity index (χ2v) is 7.50. The van der Waals surface area contributed by atoms with Crippen molar-refractivity contribution in [2.75, 3.05) is 13.6 Å². The Balaban J connectivity index is 1.79. The van der Waals surface area contributed by atoms with E-state index in [1.54, 1.807) is 16.7 Å². The smallest absolute Gasteiger partial charge is 0.235 e. The third kappa shape index (κ3) is 2.21. The van der Waals surface area contributed by atoms with Crippen molar-refractivity contribution in [2.45, 2.75) is 16.8 Å². The van der Waals surface area contributed by atoms with Crippen LogP contribution in [-0.4, -0.2) is 44.0 Å². The van der Waals surface area contributed by atoms with Crippen molar-refractivity contribution in [3.63, 3.8) is 0 Å². The summed E-state index contributed by atoms with van der Waals surface area (Å²) in [5.41, 5.74) is 3.77. The maximum atomic E-state index is 12.4. The molecule has 5 rings (SSSR count). The number of carbonyl (C=O) groups excluding carboxylic acids is 1. The SMILES string of the molecule is CN1CCC(Sc2nc3ccccc3c3nc4ccccc4n23)C1=O. The van der Waals surface area contributed by atoms with Gasteiger partial charge < -0.3 is 4.90 Å². The monoisotopic (exact) mass is 348 g/mol. The van der Waals surface area contributed by atoms with Crippen LogP contribution in [0, 0.1) is 0 Å². The number of benzene rings is 2. The number of rotatable bonds is 2. The van der Waals surface area contributed by atoms with Crippen LogP contribution in [0.3, 0.4) is 0 Å². The van der Waals surface area contributed by atoms with Gasteiger partial charge in [-0.2, -0.15) is 0 Å². The highest BCUT2D eigenvalue weighted by Crippen LogP contribution is 2.33. The fourth-order valence-corrected chi connectivity index (χ4v) is 4.62. The predicted molar refractivity (Wildman–Crippen MR) is 99.9 cm³/mol. The van der Waals surface area contributed by atoms with E-state index in [1.165, 1.54) is 0 Å². The van der Waals surface area contributed by atoms with Gasteiger partial charge in [-0.25, -0.2) is 9.97 Å². The Morgan fingerprint density at radius 1 is 1.04 bits per heavy atom. The van der Waals surface area contributed by atoms with Crippen molar-refractivity contribution in [1.29, 1.82) is 0 Å². The highest BCUT2D eigenvalue weighted by Gasteiger charge is 2.31. The minimum Gasteiger partial charge on any atom is -0.345 e. The Kier molecular flexibility index (Phi) is 3.21. The Labute approximate surface area is 148 Å². The normalized spacial score (nSPS) is 18.0. The largest absolute Gasteiger partial charge is 0.345 e. The number of para-hydroxylation sites is 3. The summed E-state index contributed by atoms with van der Waals surface area (Å²) in [4.78, 5) is 23.8. The van der Waals surface area contributed by atoms with Crippen molar-refractivity contribution < 1.29 is 4.79 Å². The summed E-state index contributed by atoms with van der Waals surface area (Å²) >= 11 is 1.55. The van der Waals surface area contributed by atoms with Gasteiger partial charge in [-0.1, -0.05) is 36.0 Å². The molecule has 3 heterocycles. The molecule has 1 atom stereocenters. The summed E-state index contributed by atoms with van der Waals surface area (Å²) in [5.74, 6) is 0.178. The fourth-order valence-electron chi connectivity index (χ4n) is 3.42. The molecule has 0 aliphatic carbocycles. The summed E-state index contributed by atoms with van der Waals surface area (Å²) in [6.07, 6.45) is 0.850. The molecule has 124 valence electrons. The Bertz CT molecular complexity index is 1140. The lowest BCUT2D eigenvalue weighted by molar-refractivity contribution is -0.126. The number of thioether (sulfide) groups is 1. The van der Waals surface area contributed by atoms with Gasteiger partial charge in [0.15, 0.2) is 5.16 Å². The van der Waals surface area contributed by atoms with Crippen molar-refractivity contribution in [1.82, 2.24) is 19.3 Å². The average Bonchev–Trinajstić information content (AvgIpc) is 3.17. The minimum atomic E-state index is -0.0805. The highest BCUT2D eigenvalue weighted by molar-refractivity contribution is 8.00. The van der Waals surface area contributed by atoms with E-state index in [9.17, 15) is 4.79 Å². The number of nitrogens with zero attached hydrogens (tertiary/aromatic N) is 4. The van der Waals surface area contributed by atoms with E-state index in [0.29, 0.717) is 0 Å². The number of carbonyl (C=O) groups is 1. The summed E-state index contributed by atoms with van der Waals surface area (Å²) in [6, 6.07) is 16.1. The van der Waals surface area contributed by atoms with Gasteiger partial charge in [0, 0.05) is 19.0 Å². The zero-order valence-corrected chi connectivity index (χ0v) is 14.5. The number of amides is 1. The van der Waals surface area contributed by atoms with E-state index < -0.39 is 0 Å². The van der Waals surface area contributed by atoms with Gasteiger partial charge in [0.05, 0.1) is 21.8 Å². The third-order valence-electron chi connectivity index (χ3n) is 4.74. The molecule has 0 bridgehead atoms. The molecule has 1 amide bonds. The maximum Gasteiger partial charge on any atom is 0.235 e. The molecule has 0 spiro atoms. The first-order valence-electron chi connectivity index (χ1n) is 8.30. The summed E-state index contributed by atoms with van der Waals surface area (Å²) in [7, 11) is 1.86. The molecule has 0 N–H and O–H groups in total. The van der Waals surface area contributed by atoms with Gasteiger partial charge >= 0.3 is 0 Å². The van der Waals surface area contributed by atoms with Crippen LogP contribution in [0.15, 0.2) is 53.7 Å². The van der Waals surface area contributed by atoms with Gasteiger partial charge in [-0.15, -0.1) is 0 Å². The molecule has 6 heteroatoms. The quantitative estimate of drug-likeness (QED) is 0.521. The molecule has 1 aliphatic rings. The number of likely N-dealkylation sites (tertiary alicyclic amines) is 1. The van der Waals surface area contributed by atoms with Crippen LogP contribution >= 0.6 is 11.8 Å². The molecule has 1 saturated heterocycles. The molecular formula is C19H16N4OS. The average molecular weight is 348 g/mol. The molecule has 2 aromatic carbocycles. The second kappa shape index (κ2) is 5.46. The van der Waals surface area contributed by atoms with Crippen LogP contribution < -0.4 is 0 Å². The van der Waals surface area contributed by atoms with Crippen LogP contribution in [0.2, 0.25) is 0 Å². The molecule has 0 radical (unpaired) electrons. The zero-order valence-electron chi connectivity index (χ0n) is 13.7. The lowest BCUT2D eigenvalue weighted by Gasteiger charge is -2.12. The second-order valence-electron chi connectivity index (χ2n) is 6.33. The number of fused-ring (bicyclic) bond motifs is 5. The highest BCUT2D eigenvalue weighted by atomic mass is 32.2. The number of aromatic nitrogens is 3. The number of imidazole rings is 1. The van der Waals surface area contributed by atoms with Gasteiger partial charge in [0.25, 0.3) is 0 Å². The van der Waals surface area contributed by atoms with Gasteiger partial charge in [-0.3, -0.25) is 9.20 Å². The van der Waals surface area contributed by atoms with Crippen molar-refractivity contribution in [3.05, 3.63) is 48.5 Å². The Morgan fingerprint density at radius 2 is 1.80 bits per heavy atom. The lowest BCUT2D eigenvalue weighted by atomic mass is 10.2. The first kappa shape index (κ1) is 14.7. The topological polar surface area (TPSA) is 50.5 Å². The molecule has 2 aromatic heterocycles. The molecule has 1 unspecified atom stereocenters. The first-order valence-corrected chi connectivity index (χ1v) is 9.18. The Morgan fingerprint density at radius 3 is 2.60 bits per heavy atom. The van der Waals surface area contributed by atoms with Crippen LogP contribution in [0.4, 0.5) is 0 Å².